The zero-order valence-electron chi connectivity index (χ0n) is 16.7. The molecular weight excluding hydrogens is 396 g/mol. The fourth-order valence-electron chi connectivity index (χ4n) is 3.64. The largest absolute Gasteiger partial charge is 0.534 e. The predicted octanol–water partition coefficient (Wildman–Crippen LogP) is 4.82. The molecule has 28 heavy (non-hydrogen) atoms. The highest BCUT2D eigenvalue weighted by Gasteiger charge is 2.49. The summed E-state index contributed by atoms with van der Waals surface area (Å²) in [4.78, 5) is 0. The molecule has 0 saturated carbocycles. The second kappa shape index (κ2) is 7.87. The van der Waals surface area contributed by atoms with Crippen LogP contribution in [0.3, 0.4) is 0 Å². The van der Waals surface area contributed by atoms with Gasteiger partial charge in [-0.05, 0) is 51.8 Å². The second-order valence-corrected chi connectivity index (χ2v) is 9.79. The predicted molar refractivity (Wildman–Crippen MR) is 100 cm³/mol. The smallest absolute Gasteiger partial charge is 0.406 e. The van der Waals surface area contributed by atoms with Crippen LogP contribution in [-0.4, -0.2) is 32.2 Å². The Bertz CT molecular complexity index is 759. The topological polar surface area (TPSA) is 61.8 Å². The van der Waals surface area contributed by atoms with Gasteiger partial charge in [-0.1, -0.05) is 25.5 Å². The lowest BCUT2D eigenvalue weighted by atomic mass is 9.63. The van der Waals surface area contributed by atoms with Gasteiger partial charge in [0, 0.05) is 12.2 Å². The molecule has 0 N–H and O–H groups in total. The van der Waals surface area contributed by atoms with E-state index in [1.165, 1.54) is 12.1 Å². The van der Waals surface area contributed by atoms with Crippen molar-refractivity contribution in [2.45, 2.75) is 76.4 Å². The molecule has 0 radical (unpaired) electrons. The highest BCUT2D eigenvalue weighted by molar-refractivity contribution is 7.88. The van der Waals surface area contributed by atoms with Gasteiger partial charge in [0.2, 0.25) is 0 Å². The number of benzene rings is 1. The summed E-state index contributed by atoms with van der Waals surface area (Å²) in [5.41, 5.74) is -5.47. The van der Waals surface area contributed by atoms with Crippen molar-refractivity contribution in [1.82, 2.24) is 0 Å². The highest BCUT2D eigenvalue weighted by atomic mass is 32.2. The molecule has 0 bridgehead atoms. The second-order valence-electron chi connectivity index (χ2n) is 8.25. The molecule has 0 spiro atoms. The molecular formula is C18H26BF3O5S. The zero-order valence-corrected chi connectivity index (χ0v) is 17.5. The van der Waals surface area contributed by atoms with Crippen molar-refractivity contribution >= 4 is 17.2 Å². The maximum Gasteiger partial charge on any atom is 0.534 e. The molecule has 5 nitrogen and oxygen atoms in total. The van der Waals surface area contributed by atoms with Crippen molar-refractivity contribution < 1.29 is 35.1 Å². The Morgan fingerprint density at radius 2 is 1.61 bits per heavy atom. The van der Waals surface area contributed by atoms with E-state index < -0.39 is 28.5 Å². The van der Waals surface area contributed by atoms with Gasteiger partial charge in [-0.3, -0.25) is 0 Å². The Morgan fingerprint density at radius 3 is 2.04 bits per heavy atom. The van der Waals surface area contributed by atoms with Crippen LogP contribution in [0, 0.1) is 0 Å². The number of hydrogen-bond acceptors (Lipinski definition) is 5. The summed E-state index contributed by atoms with van der Waals surface area (Å²) in [6.07, 6.45) is 2.30. The summed E-state index contributed by atoms with van der Waals surface area (Å²) < 4.78 is 76.1. The quantitative estimate of drug-likeness (QED) is 0.374. The fourth-order valence-corrected chi connectivity index (χ4v) is 4.10. The van der Waals surface area contributed by atoms with Crippen molar-refractivity contribution in [3.05, 3.63) is 29.8 Å². The summed E-state index contributed by atoms with van der Waals surface area (Å²) >= 11 is 0. The van der Waals surface area contributed by atoms with E-state index in [2.05, 4.69) is 4.18 Å². The lowest BCUT2D eigenvalue weighted by Crippen LogP contribution is -2.53. The maximum absolute atomic E-state index is 12.5. The number of hydrogen-bond donors (Lipinski definition) is 0. The Morgan fingerprint density at radius 1 is 1.11 bits per heavy atom. The lowest BCUT2D eigenvalue weighted by Gasteiger charge is -2.46. The van der Waals surface area contributed by atoms with Crippen molar-refractivity contribution in [1.29, 1.82) is 0 Å². The van der Waals surface area contributed by atoms with Gasteiger partial charge < -0.3 is 13.5 Å². The number of halogens is 3. The van der Waals surface area contributed by atoms with Crippen molar-refractivity contribution in [2.24, 2.45) is 0 Å². The van der Waals surface area contributed by atoms with Gasteiger partial charge in [-0.2, -0.15) is 21.6 Å². The SMILES string of the molecule is CCCC(B1OC(C)(C)CC(C)(C)O1)c1ccc(OS(=O)(=O)C(F)(F)F)cc1. The summed E-state index contributed by atoms with van der Waals surface area (Å²) in [6, 6.07) is 5.51. The van der Waals surface area contributed by atoms with Crippen molar-refractivity contribution in [3.8, 4) is 5.75 Å². The Kier molecular flexibility index (Phi) is 6.48. The van der Waals surface area contributed by atoms with Crippen LogP contribution in [-0.2, 0) is 19.4 Å². The monoisotopic (exact) mass is 422 g/mol. The first kappa shape index (κ1) is 23.0. The van der Waals surface area contributed by atoms with E-state index in [1.54, 1.807) is 12.1 Å². The molecule has 1 aliphatic rings. The first-order valence-electron chi connectivity index (χ1n) is 9.12. The fraction of sp³-hybridized carbons (Fsp3) is 0.667. The third kappa shape index (κ3) is 5.64. The van der Waals surface area contributed by atoms with Crippen LogP contribution in [0.2, 0.25) is 0 Å². The molecule has 1 heterocycles. The average molecular weight is 422 g/mol. The first-order chi connectivity index (χ1) is 12.7. The van der Waals surface area contributed by atoms with E-state index in [1.807, 2.05) is 34.6 Å². The minimum Gasteiger partial charge on any atom is -0.406 e. The van der Waals surface area contributed by atoms with Gasteiger partial charge >= 0.3 is 22.7 Å². The molecule has 0 aliphatic carbocycles. The molecule has 0 aromatic heterocycles. The summed E-state index contributed by atoms with van der Waals surface area (Å²) in [5.74, 6) is -0.556. The zero-order chi connectivity index (χ0) is 21.4. The molecule has 0 amide bonds. The number of alkyl halides is 3. The molecule has 1 aliphatic heterocycles. The number of rotatable bonds is 6. The molecule has 1 unspecified atom stereocenters. The van der Waals surface area contributed by atoms with Gasteiger partial charge in [0.1, 0.15) is 5.75 Å². The van der Waals surface area contributed by atoms with E-state index in [-0.39, 0.29) is 17.0 Å². The van der Waals surface area contributed by atoms with E-state index in [4.69, 9.17) is 9.31 Å². The molecule has 158 valence electrons. The Hall–Kier alpha value is -1.26. The molecule has 1 fully saturated rings. The third-order valence-electron chi connectivity index (χ3n) is 4.45. The van der Waals surface area contributed by atoms with Crippen LogP contribution in [0.4, 0.5) is 13.2 Å². The molecule has 2 rings (SSSR count). The van der Waals surface area contributed by atoms with Crippen LogP contribution < -0.4 is 4.18 Å². The van der Waals surface area contributed by atoms with Crippen LogP contribution in [0.25, 0.3) is 0 Å². The normalized spacial score (nSPS) is 20.6. The molecule has 1 atom stereocenters. The van der Waals surface area contributed by atoms with Crippen LogP contribution >= 0.6 is 0 Å². The van der Waals surface area contributed by atoms with Crippen LogP contribution in [0.15, 0.2) is 24.3 Å². The lowest BCUT2D eigenvalue weighted by molar-refractivity contribution is -0.0801. The third-order valence-corrected chi connectivity index (χ3v) is 5.43. The van der Waals surface area contributed by atoms with Gasteiger partial charge in [0.25, 0.3) is 0 Å². The summed E-state index contributed by atoms with van der Waals surface area (Å²) in [7, 11) is -6.22. The first-order valence-corrected chi connectivity index (χ1v) is 10.5. The molecule has 10 heteroatoms. The molecule has 1 saturated heterocycles. The minimum atomic E-state index is -5.69. The van der Waals surface area contributed by atoms with Crippen LogP contribution in [0.1, 0.15) is 65.3 Å². The van der Waals surface area contributed by atoms with Crippen molar-refractivity contribution in [3.63, 3.8) is 0 Å². The Balaban J connectivity index is 2.25. The van der Waals surface area contributed by atoms with Crippen LogP contribution in [0.5, 0.6) is 5.75 Å². The van der Waals surface area contributed by atoms with E-state index in [0.717, 1.165) is 24.8 Å². The highest BCUT2D eigenvalue weighted by Crippen LogP contribution is 2.39. The summed E-state index contributed by atoms with van der Waals surface area (Å²) in [5, 5.41) is 0. The average Bonchev–Trinajstić information content (AvgIpc) is 2.49. The van der Waals surface area contributed by atoms with Crippen molar-refractivity contribution in [2.75, 3.05) is 0 Å². The summed E-state index contributed by atoms with van der Waals surface area (Å²) in [6.45, 7) is 9.98. The van der Waals surface area contributed by atoms with E-state index in [9.17, 15) is 21.6 Å². The van der Waals surface area contributed by atoms with Gasteiger partial charge in [-0.15, -0.1) is 0 Å². The minimum absolute atomic E-state index is 0.155. The van der Waals surface area contributed by atoms with Gasteiger partial charge in [0.15, 0.2) is 0 Å². The standard InChI is InChI=1S/C18H26BF3O5S/c1-6-7-15(19-26-16(2,3)12-17(4,5)27-19)13-8-10-14(11-9-13)25-28(23,24)18(20,21)22/h8-11,15H,6-7,12H2,1-5H3. The van der Waals surface area contributed by atoms with Gasteiger partial charge in [0.05, 0.1) is 11.2 Å². The van der Waals surface area contributed by atoms with Gasteiger partial charge in [-0.25, -0.2) is 0 Å². The van der Waals surface area contributed by atoms with E-state index >= 15 is 0 Å². The molecule has 1 aromatic carbocycles. The molecule has 1 aromatic rings. The maximum atomic E-state index is 12.5. The van der Waals surface area contributed by atoms with E-state index in [0.29, 0.717) is 0 Å². The Labute approximate surface area is 164 Å².